The standard InChI is InChI=1S/C10H15NO2S/c1-11-6-8(13)10-7(12)4-3-5-9(10)14-2/h3-5,8,11-13H,6H2,1-2H3. The van der Waals surface area contributed by atoms with Crippen molar-refractivity contribution in [1.82, 2.24) is 5.32 Å². The van der Waals surface area contributed by atoms with Crippen molar-refractivity contribution in [3.8, 4) is 5.75 Å². The molecule has 0 aromatic heterocycles. The lowest BCUT2D eigenvalue weighted by Crippen LogP contribution is -2.17. The van der Waals surface area contributed by atoms with E-state index >= 15 is 0 Å². The Labute approximate surface area is 88.2 Å². The van der Waals surface area contributed by atoms with E-state index in [9.17, 15) is 10.2 Å². The molecule has 78 valence electrons. The van der Waals surface area contributed by atoms with Gasteiger partial charge in [-0.2, -0.15) is 0 Å². The Bertz CT molecular complexity index is 304. The van der Waals surface area contributed by atoms with Gasteiger partial charge >= 0.3 is 0 Å². The lowest BCUT2D eigenvalue weighted by atomic mass is 10.1. The number of aliphatic hydroxyl groups is 1. The molecule has 1 unspecified atom stereocenters. The van der Waals surface area contributed by atoms with Crippen LogP contribution in [0.1, 0.15) is 11.7 Å². The summed E-state index contributed by atoms with van der Waals surface area (Å²) in [7, 11) is 1.77. The summed E-state index contributed by atoms with van der Waals surface area (Å²) in [5, 5.41) is 22.3. The molecule has 0 fully saturated rings. The second-order valence-corrected chi connectivity index (χ2v) is 3.81. The van der Waals surface area contributed by atoms with Crippen LogP contribution in [-0.4, -0.2) is 30.1 Å². The van der Waals surface area contributed by atoms with Crippen molar-refractivity contribution < 1.29 is 10.2 Å². The van der Waals surface area contributed by atoms with Crippen molar-refractivity contribution >= 4 is 11.8 Å². The quantitative estimate of drug-likeness (QED) is 0.661. The van der Waals surface area contributed by atoms with Gasteiger partial charge < -0.3 is 15.5 Å². The van der Waals surface area contributed by atoms with Crippen LogP contribution in [0, 0.1) is 0 Å². The van der Waals surface area contributed by atoms with Gasteiger partial charge in [-0.25, -0.2) is 0 Å². The molecule has 3 nitrogen and oxygen atoms in total. The predicted octanol–water partition coefficient (Wildman–Crippen LogP) is 1.37. The molecule has 0 amide bonds. The first-order valence-corrected chi connectivity index (χ1v) is 5.61. The Morgan fingerprint density at radius 1 is 1.50 bits per heavy atom. The third-order valence-corrected chi connectivity index (χ3v) is 2.79. The highest BCUT2D eigenvalue weighted by atomic mass is 32.2. The maximum atomic E-state index is 9.78. The van der Waals surface area contributed by atoms with Gasteiger partial charge in [0, 0.05) is 17.0 Å². The molecule has 0 bridgehead atoms. The lowest BCUT2D eigenvalue weighted by Gasteiger charge is -2.15. The number of aliphatic hydroxyl groups excluding tert-OH is 1. The Balaban J connectivity index is 3.03. The second kappa shape index (κ2) is 5.24. The molecular weight excluding hydrogens is 198 g/mol. The van der Waals surface area contributed by atoms with Crippen LogP contribution in [0.2, 0.25) is 0 Å². The Morgan fingerprint density at radius 2 is 2.21 bits per heavy atom. The van der Waals surface area contributed by atoms with Crippen molar-refractivity contribution in [3.63, 3.8) is 0 Å². The predicted molar refractivity (Wildman–Crippen MR) is 58.8 cm³/mol. The number of phenolic OH excluding ortho intramolecular Hbond substituents is 1. The first kappa shape index (κ1) is 11.4. The van der Waals surface area contributed by atoms with Crippen molar-refractivity contribution in [2.24, 2.45) is 0 Å². The minimum atomic E-state index is -0.663. The molecule has 0 saturated carbocycles. The Morgan fingerprint density at radius 3 is 2.79 bits per heavy atom. The third-order valence-electron chi connectivity index (χ3n) is 1.99. The van der Waals surface area contributed by atoms with E-state index in [-0.39, 0.29) is 5.75 Å². The van der Waals surface area contributed by atoms with Crippen molar-refractivity contribution in [3.05, 3.63) is 23.8 Å². The van der Waals surface area contributed by atoms with Crippen LogP contribution >= 0.6 is 11.8 Å². The fourth-order valence-electron chi connectivity index (χ4n) is 1.34. The average molecular weight is 213 g/mol. The van der Waals surface area contributed by atoms with Crippen molar-refractivity contribution in [2.45, 2.75) is 11.0 Å². The highest BCUT2D eigenvalue weighted by Crippen LogP contribution is 2.32. The summed E-state index contributed by atoms with van der Waals surface area (Å²) in [6, 6.07) is 5.25. The number of thioether (sulfide) groups is 1. The fraction of sp³-hybridized carbons (Fsp3) is 0.400. The maximum Gasteiger partial charge on any atom is 0.122 e. The molecule has 1 aromatic carbocycles. The van der Waals surface area contributed by atoms with Crippen LogP contribution in [0.25, 0.3) is 0 Å². The molecule has 0 aliphatic heterocycles. The Hall–Kier alpha value is -0.710. The van der Waals surface area contributed by atoms with Gasteiger partial charge in [0.25, 0.3) is 0 Å². The fourth-order valence-corrected chi connectivity index (χ4v) is 2.02. The smallest absolute Gasteiger partial charge is 0.122 e. The number of nitrogens with one attached hydrogen (secondary N) is 1. The molecular formula is C10H15NO2S. The van der Waals surface area contributed by atoms with E-state index in [0.29, 0.717) is 12.1 Å². The zero-order valence-electron chi connectivity index (χ0n) is 8.32. The molecule has 0 aliphatic carbocycles. The molecule has 0 spiro atoms. The number of hydrogen-bond acceptors (Lipinski definition) is 4. The van der Waals surface area contributed by atoms with Gasteiger partial charge in [-0.3, -0.25) is 0 Å². The van der Waals surface area contributed by atoms with Crippen LogP contribution in [-0.2, 0) is 0 Å². The third kappa shape index (κ3) is 2.41. The van der Waals surface area contributed by atoms with E-state index in [2.05, 4.69) is 5.32 Å². The van der Waals surface area contributed by atoms with Gasteiger partial charge in [-0.05, 0) is 25.4 Å². The van der Waals surface area contributed by atoms with Gasteiger partial charge in [-0.1, -0.05) is 6.07 Å². The molecule has 0 aliphatic rings. The van der Waals surface area contributed by atoms with Crippen LogP contribution in [0.5, 0.6) is 5.75 Å². The highest BCUT2D eigenvalue weighted by Gasteiger charge is 2.15. The summed E-state index contributed by atoms with van der Waals surface area (Å²) in [6.07, 6.45) is 1.26. The SMILES string of the molecule is CNCC(O)c1c(O)cccc1SC. The zero-order chi connectivity index (χ0) is 10.6. The van der Waals surface area contributed by atoms with Gasteiger partial charge in [0.05, 0.1) is 6.10 Å². The normalized spacial score (nSPS) is 12.8. The van der Waals surface area contributed by atoms with E-state index in [1.807, 2.05) is 12.3 Å². The number of hydrogen-bond donors (Lipinski definition) is 3. The van der Waals surface area contributed by atoms with E-state index in [4.69, 9.17) is 0 Å². The maximum absolute atomic E-state index is 9.78. The minimum absolute atomic E-state index is 0.152. The van der Waals surface area contributed by atoms with Crippen LogP contribution < -0.4 is 5.32 Å². The summed E-state index contributed by atoms with van der Waals surface area (Å²) >= 11 is 1.52. The topological polar surface area (TPSA) is 52.5 Å². The molecule has 0 radical (unpaired) electrons. The summed E-state index contributed by atoms with van der Waals surface area (Å²) in [5.41, 5.74) is 0.606. The average Bonchev–Trinajstić information content (AvgIpc) is 2.17. The largest absolute Gasteiger partial charge is 0.508 e. The summed E-state index contributed by atoms with van der Waals surface area (Å²) in [6.45, 7) is 0.436. The van der Waals surface area contributed by atoms with Gasteiger partial charge in [0.1, 0.15) is 5.75 Å². The zero-order valence-corrected chi connectivity index (χ0v) is 9.14. The monoisotopic (exact) mass is 213 g/mol. The van der Waals surface area contributed by atoms with Gasteiger partial charge in [-0.15, -0.1) is 11.8 Å². The van der Waals surface area contributed by atoms with Gasteiger partial charge in [0.15, 0.2) is 0 Å². The number of rotatable bonds is 4. The number of benzene rings is 1. The van der Waals surface area contributed by atoms with Crippen molar-refractivity contribution in [2.75, 3.05) is 19.8 Å². The molecule has 0 heterocycles. The lowest BCUT2D eigenvalue weighted by molar-refractivity contribution is 0.171. The first-order chi connectivity index (χ1) is 6.70. The highest BCUT2D eigenvalue weighted by molar-refractivity contribution is 7.98. The van der Waals surface area contributed by atoms with E-state index < -0.39 is 6.10 Å². The minimum Gasteiger partial charge on any atom is -0.508 e. The second-order valence-electron chi connectivity index (χ2n) is 2.97. The summed E-state index contributed by atoms with van der Waals surface area (Å²) in [4.78, 5) is 0.910. The van der Waals surface area contributed by atoms with E-state index in [1.54, 1.807) is 19.2 Å². The van der Waals surface area contributed by atoms with Gasteiger partial charge in [0.2, 0.25) is 0 Å². The van der Waals surface area contributed by atoms with Crippen molar-refractivity contribution in [1.29, 1.82) is 0 Å². The molecule has 1 atom stereocenters. The molecule has 3 N–H and O–H groups in total. The molecule has 14 heavy (non-hydrogen) atoms. The van der Waals surface area contributed by atoms with Crippen LogP contribution in [0.15, 0.2) is 23.1 Å². The number of phenols is 1. The number of likely N-dealkylation sites (N-methyl/N-ethyl adjacent to an activating group) is 1. The summed E-state index contributed by atoms with van der Waals surface area (Å²) < 4.78 is 0. The van der Waals surface area contributed by atoms with E-state index in [1.165, 1.54) is 11.8 Å². The molecule has 0 saturated heterocycles. The molecule has 1 aromatic rings. The molecule has 1 rings (SSSR count). The first-order valence-electron chi connectivity index (χ1n) is 4.39. The number of aromatic hydroxyl groups is 1. The Kier molecular flexibility index (Phi) is 4.25. The summed E-state index contributed by atoms with van der Waals surface area (Å²) in [5.74, 6) is 0.152. The van der Waals surface area contributed by atoms with Crippen LogP contribution in [0.4, 0.5) is 0 Å². The van der Waals surface area contributed by atoms with E-state index in [0.717, 1.165) is 4.90 Å². The molecule has 4 heteroatoms. The van der Waals surface area contributed by atoms with Crippen LogP contribution in [0.3, 0.4) is 0 Å².